The number of nitrogens with one attached hydrogen (secondary N) is 2. The summed E-state index contributed by atoms with van der Waals surface area (Å²) in [5.41, 5.74) is 1.60. The average molecular weight is 427 g/mol. The number of ether oxygens (including phenoxy) is 2. The Kier molecular flexibility index (Phi) is 11.4. The molecule has 0 unspecified atom stereocenters. The summed E-state index contributed by atoms with van der Waals surface area (Å²) < 4.78 is 11.6. The number of carbonyl (C=O) groups is 1. The molecule has 0 fully saturated rings. The van der Waals surface area contributed by atoms with E-state index >= 15 is 0 Å². The number of unbranched alkanes of at least 4 members (excludes halogenated alkanes) is 4. The SMILES string of the molecule is CCCCCCCOc1cccc(NC(=O)CNc2cccc(OCCC(C)C)c2)c1. The van der Waals surface area contributed by atoms with Crippen LogP contribution >= 0.6 is 0 Å². The molecule has 2 aromatic rings. The lowest BCUT2D eigenvalue weighted by molar-refractivity contribution is -0.114. The van der Waals surface area contributed by atoms with Crippen LogP contribution in [0.1, 0.15) is 59.3 Å². The highest BCUT2D eigenvalue weighted by Gasteiger charge is 2.05. The van der Waals surface area contributed by atoms with Crippen molar-refractivity contribution in [2.75, 3.05) is 30.4 Å². The number of rotatable bonds is 15. The number of hydrogen-bond donors (Lipinski definition) is 2. The fourth-order valence-corrected chi connectivity index (χ4v) is 3.06. The Labute approximate surface area is 187 Å². The fourth-order valence-electron chi connectivity index (χ4n) is 3.06. The van der Waals surface area contributed by atoms with Gasteiger partial charge in [0.25, 0.3) is 0 Å². The summed E-state index contributed by atoms with van der Waals surface area (Å²) in [7, 11) is 0. The minimum absolute atomic E-state index is 0.108. The standard InChI is InChI=1S/C26H38N2O3/c1-4-5-6-7-8-16-30-25-14-10-12-23(19-25)28-26(29)20-27-22-11-9-13-24(18-22)31-17-15-21(2)3/h9-14,18-19,21,27H,4-8,15-17,20H2,1-3H3,(H,28,29). The fraction of sp³-hybridized carbons (Fsp3) is 0.500. The average Bonchev–Trinajstić information content (AvgIpc) is 2.75. The molecule has 5 heteroatoms. The molecule has 0 spiro atoms. The third kappa shape index (κ3) is 10.8. The van der Waals surface area contributed by atoms with E-state index in [1.54, 1.807) is 0 Å². The van der Waals surface area contributed by atoms with Crippen LogP contribution in [0, 0.1) is 5.92 Å². The van der Waals surface area contributed by atoms with Crippen molar-refractivity contribution in [2.24, 2.45) is 5.92 Å². The maximum absolute atomic E-state index is 12.3. The molecule has 0 aromatic heterocycles. The lowest BCUT2D eigenvalue weighted by Gasteiger charge is -2.12. The Balaban J connectivity index is 1.73. The Hall–Kier alpha value is -2.69. The first-order chi connectivity index (χ1) is 15.1. The van der Waals surface area contributed by atoms with Crippen LogP contribution < -0.4 is 20.1 Å². The van der Waals surface area contributed by atoms with Crippen LogP contribution in [0.2, 0.25) is 0 Å². The Morgan fingerprint density at radius 2 is 1.52 bits per heavy atom. The molecule has 0 aliphatic carbocycles. The van der Waals surface area contributed by atoms with Crippen molar-refractivity contribution >= 4 is 17.3 Å². The molecule has 0 heterocycles. The summed E-state index contributed by atoms with van der Waals surface area (Å²) in [4.78, 5) is 12.3. The van der Waals surface area contributed by atoms with E-state index in [-0.39, 0.29) is 12.5 Å². The lowest BCUT2D eigenvalue weighted by Crippen LogP contribution is -2.21. The minimum Gasteiger partial charge on any atom is -0.494 e. The molecule has 0 radical (unpaired) electrons. The van der Waals surface area contributed by atoms with Gasteiger partial charge < -0.3 is 20.1 Å². The largest absolute Gasteiger partial charge is 0.494 e. The smallest absolute Gasteiger partial charge is 0.243 e. The van der Waals surface area contributed by atoms with Crippen LogP contribution in [0.25, 0.3) is 0 Å². The van der Waals surface area contributed by atoms with Gasteiger partial charge in [-0.1, -0.05) is 58.6 Å². The monoisotopic (exact) mass is 426 g/mol. The van der Waals surface area contributed by atoms with Gasteiger partial charge in [-0.25, -0.2) is 0 Å². The van der Waals surface area contributed by atoms with Crippen LogP contribution in [-0.2, 0) is 4.79 Å². The summed E-state index contributed by atoms with van der Waals surface area (Å²) >= 11 is 0. The Morgan fingerprint density at radius 1 is 0.871 bits per heavy atom. The molecule has 1 amide bonds. The van der Waals surface area contributed by atoms with Crippen molar-refractivity contribution in [1.29, 1.82) is 0 Å². The van der Waals surface area contributed by atoms with Gasteiger partial charge in [0.2, 0.25) is 5.91 Å². The molecule has 2 aromatic carbocycles. The predicted molar refractivity (Wildman–Crippen MR) is 129 cm³/mol. The van der Waals surface area contributed by atoms with E-state index in [2.05, 4.69) is 31.4 Å². The van der Waals surface area contributed by atoms with Gasteiger partial charge in [0.05, 0.1) is 19.8 Å². The van der Waals surface area contributed by atoms with Crippen molar-refractivity contribution in [2.45, 2.75) is 59.3 Å². The zero-order valence-corrected chi connectivity index (χ0v) is 19.3. The minimum atomic E-state index is -0.108. The second-order valence-corrected chi connectivity index (χ2v) is 8.25. The van der Waals surface area contributed by atoms with Gasteiger partial charge in [-0.2, -0.15) is 0 Å². The summed E-state index contributed by atoms with van der Waals surface area (Å²) in [5, 5.41) is 6.07. The molecule has 2 N–H and O–H groups in total. The first kappa shape index (κ1) is 24.6. The second kappa shape index (κ2) is 14.3. The third-order valence-corrected chi connectivity index (χ3v) is 4.89. The third-order valence-electron chi connectivity index (χ3n) is 4.89. The zero-order chi connectivity index (χ0) is 22.3. The summed E-state index contributed by atoms with van der Waals surface area (Å²) in [6, 6.07) is 15.3. The van der Waals surface area contributed by atoms with E-state index in [9.17, 15) is 4.79 Å². The van der Waals surface area contributed by atoms with Gasteiger partial charge in [-0.05, 0) is 43.0 Å². The lowest BCUT2D eigenvalue weighted by atomic mass is 10.1. The Morgan fingerprint density at radius 3 is 2.23 bits per heavy atom. The van der Waals surface area contributed by atoms with Gasteiger partial charge >= 0.3 is 0 Å². The van der Waals surface area contributed by atoms with Gasteiger partial charge in [0.15, 0.2) is 0 Å². The van der Waals surface area contributed by atoms with Crippen molar-refractivity contribution in [3.8, 4) is 11.5 Å². The molecule has 0 saturated heterocycles. The van der Waals surface area contributed by atoms with E-state index < -0.39 is 0 Å². The first-order valence-corrected chi connectivity index (χ1v) is 11.6. The van der Waals surface area contributed by atoms with Crippen molar-refractivity contribution in [3.63, 3.8) is 0 Å². The molecular formula is C26H38N2O3. The van der Waals surface area contributed by atoms with E-state index in [1.165, 1.54) is 25.7 Å². The number of amides is 1. The molecule has 31 heavy (non-hydrogen) atoms. The van der Waals surface area contributed by atoms with Crippen molar-refractivity contribution in [3.05, 3.63) is 48.5 Å². The van der Waals surface area contributed by atoms with E-state index in [4.69, 9.17) is 9.47 Å². The highest BCUT2D eigenvalue weighted by atomic mass is 16.5. The molecule has 5 nitrogen and oxygen atoms in total. The van der Waals surface area contributed by atoms with E-state index in [1.807, 2.05) is 48.5 Å². The van der Waals surface area contributed by atoms with Crippen LogP contribution in [-0.4, -0.2) is 25.7 Å². The van der Waals surface area contributed by atoms with Gasteiger partial charge in [0.1, 0.15) is 11.5 Å². The predicted octanol–water partition coefficient (Wildman–Crippen LogP) is 6.51. The molecular weight excluding hydrogens is 388 g/mol. The molecule has 0 aliphatic rings. The molecule has 0 saturated carbocycles. The summed E-state index contributed by atoms with van der Waals surface area (Å²) in [5.74, 6) is 2.10. The van der Waals surface area contributed by atoms with Crippen LogP contribution in [0.15, 0.2) is 48.5 Å². The molecule has 170 valence electrons. The maximum Gasteiger partial charge on any atom is 0.243 e. The Bertz CT molecular complexity index is 777. The van der Waals surface area contributed by atoms with Crippen LogP contribution in [0.3, 0.4) is 0 Å². The van der Waals surface area contributed by atoms with E-state index in [0.717, 1.165) is 35.7 Å². The highest BCUT2D eigenvalue weighted by Crippen LogP contribution is 2.19. The number of carbonyl (C=O) groups excluding carboxylic acids is 1. The second-order valence-electron chi connectivity index (χ2n) is 8.25. The normalized spacial score (nSPS) is 10.7. The number of benzene rings is 2. The van der Waals surface area contributed by atoms with Gasteiger partial charge in [0, 0.05) is 23.5 Å². The van der Waals surface area contributed by atoms with Crippen molar-refractivity contribution < 1.29 is 14.3 Å². The summed E-state index contributed by atoms with van der Waals surface area (Å²) in [6.07, 6.45) is 7.05. The quantitative estimate of drug-likeness (QED) is 0.319. The summed E-state index contributed by atoms with van der Waals surface area (Å²) in [6.45, 7) is 8.15. The number of hydrogen-bond acceptors (Lipinski definition) is 4. The number of anilines is 2. The van der Waals surface area contributed by atoms with Crippen LogP contribution in [0.4, 0.5) is 11.4 Å². The highest BCUT2D eigenvalue weighted by molar-refractivity contribution is 5.93. The molecule has 0 aliphatic heterocycles. The topological polar surface area (TPSA) is 59.6 Å². The molecule has 0 bridgehead atoms. The zero-order valence-electron chi connectivity index (χ0n) is 19.3. The molecule has 0 atom stereocenters. The maximum atomic E-state index is 12.3. The van der Waals surface area contributed by atoms with Crippen LogP contribution in [0.5, 0.6) is 11.5 Å². The first-order valence-electron chi connectivity index (χ1n) is 11.6. The van der Waals surface area contributed by atoms with Gasteiger partial charge in [-0.15, -0.1) is 0 Å². The van der Waals surface area contributed by atoms with Crippen molar-refractivity contribution in [1.82, 2.24) is 0 Å². The van der Waals surface area contributed by atoms with E-state index in [0.29, 0.717) is 19.1 Å². The molecule has 2 rings (SSSR count). The van der Waals surface area contributed by atoms with Gasteiger partial charge in [-0.3, -0.25) is 4.79 Å².